The van der Waals surface area contributed by atoms with E-state index in [1.807, 2.05) is 0 Å². The Kier molecular flexibility index (Phi) is 1.88. The number of nitrogens with one attached hydrogen (secondary N) is 1. The molecule has 0 amide bonds. The highest BCUT2D eigenvalue weighted by atomic mass is 31.2. The maximum atomic E-state index is 10.4. The molecule has 9 heavy (non-hydrogen) atoms. The van der Waals surface area contributed by atoms with Crippen LogP contribution in [0.2, 0.25) is 0 Å². The van der Waals surface area contributed by atoms with Gasteiger partial charge in [0.15, 0.2) is 0 Å². The van der Waals surface area contributed by atoms with E-state index in [2.05, 4.69) is 5.32 Å². The molecule has 54 valence electrons. The molecule has 0 saturated carbocycles. The molecule has 3 N–H and O–H groups in total. The lowest BCUT2D eigenvalue weighted by molar-refractivity contribution is 0.291. The molecular formula is C3H9N2O3P. The van der Waals surface area contributed by atoms with Crippen molar-refractivity contribution < 1.29 is 14.4 Å². The average Bonchev–Trinajstić information content (AvgIpc) is 2.08. The minimum absolute atomic E-state index is 0.296. The van der Waals surface area contributed by atoms with Crippen molar-refractivity contribution in [2.24, 2.45) is 0 Å². The quantitative estimate of drug-likeness (QED) is 0.418. The van der Waals surface area contributed by atoms with Crippen LogP contribution in [0.1, 0.15) is 0 Å². The zero-order chi connectivity index (χ0) is 6.91. The van der Waals surface area contributed by atoms with Crippen LogP contribution in [0.4, 0.5) is 0 Å². The Labute approximate surface area is 52.9 Å². The van der Waals surface area contributed by atoms with Gasteiger partial charge in [0.1, 0.15) is 0 Å². The average molecular weight is 152 g/mol. The van der Waals surface area contributed by atoms with E-state index in [0.717, 1.165) is 4.67 Å². The molecule has 0 atom stereocenters. The van der Waals surface area contributed by atoms with E-state index in [0.29, 0.717) is 19.8 Å². The second kappa shape index (κ2) is 2.36. The Bertz CT molecular complexity index is 138. The summed E-state index contributed by atoms with van der Waals surface area (Å²) in [5, 5.41) is 2.81. The number of nitrogens with zero attached hydrogens (tertiary/aromatic N) is 1. The van der Waals surface area contributed by atoms with Crippen LogP contribution in [0.3, 0.4) is 0 Å². The highest BCUT2D eigenvalue weighted by molar-refractivity contribution is 7.49. The maximum Gasteiger partial charge on any atom is 0.404 e. The van der Waals surface area contributed by atoms with Crippen molar-refractivity contribution in [3.8, 4) is 0 Å². The van der Waals surface area contributed by atoms with Gasteiger partial charge in [-0.3, -0.25) is 0 Å². The largest absolute Gasteiger partial charge is 0.404 e. The van der Waals surface area contributed by atoms with Gasteiger partial charge in [0.05, 0.1) is 6.67 Å². The molecule has 0 aliphatic carbocycles. The van der Waals surface area contributed by atoms with Crippen molar-refractivity contribution in [2.75, 3.05) is 19.8 Å². The lowest BCUT2D eigenvalue weighted by Gasteiger charge is -2.13. The molecule has 1 aliphatic rings. The zero-order valence-electron chi connectivity index (χ0n) is 4.82. The van der Waals surface area contributed by atoms with Crippen molar-refractivity contribution in [1.82, 2.24) is 9.99 Å². The predicted molar refractivity (Wildman–Crippen MR) is 31.6 cm³/mol. The highest BCUT2D eigenvalue weighted by Crippen LogP contribution is 2.39. The summed E-state index contributed by atoms with van der Waals surface area (Å²) in [7, 11) is -3.94. The molecule has 0 radical (unpaired) electrons. The number of hydrogen-bond donors (Lipinski definition) is 3. The molecule has 1 rings (SSSR count). The van der Waals surface area contributed by atoms with Gasteiger partial charge in [0.2, 0.25) is 0 Å². The molecule has 5 nitrogen and oxygen atoms in total. The van der Waals surface area contributed by atoms with E-state index in [1.54, 1.807) is 0 Å². The maximum absolute atomic E-state index is 10.4. The second-order valence-corrected chi connectivity index (χ2v) is 3.49. The Morgan fingerprint density at radius 3 is 2.44 bits per heavy atom. The second-order valence-electron chi connectivity index (χ2n) is 1.90. The van der Waals surface area contributed by atoms with E-state index in [-0.39, 0.29) is 0 Å². The van der Waals surface area contributed by atoms with E-state index in [1.165, 1.54) is 0 Å². The van der Waals surface area contributed by atoms with E-state index in [9.17, 15) is 4.57 Å². The van der Waals surface area contributed by atoms with Crippen LogP contribution in [-0.2, 0) is 4.57 Å². The minimum atomic E-state index is -3.94. The summed E-state index contributed by atoms with van der Waals surface area (Å²) < 4.78 is 11.5. The Hall–Kier alpha value is 0.0700. The summed E-state index contributed by atoms with van der Waals surface area (Å²) in [5.74, 6) is 0. The molecule has 6 heteroatoms. The third-order valence-corrected chi connectivity index (χ3v) is 2.29. The lowest BCUT2D eigenvalue weighted by atomic mass is 10.7. The van der Waals surface area contributed by atoms with Crippen molar-refractivity contribution in [2.45, 2.75) is 0 Å². The molecule has 0 spiro atoms. The molecule has 0 aromatic rings. The van der Waals surface area contributed by atoms with Gasteiger partial charge >= 0.3 is 7.75 Å². The van der Waals surface area contributed by atoms with E-state index < -0.39 is 7.75 Å². The third-order valence-electron chi connectivity index (χ3n) is 1.21. The van der Waals surface area contributed by atoms with Gasteiger partial charge in [0.25, 0.3) is 0 Å². The molecular weight excluding hydrogens is 143 g/mol. The van der Waals surface area contributed by atoms with Crippen LogP contribution in [0.15, 0.2) is 0 Å². The first kappa shape index (κ1) is 7.18. The molecule has 0 aromatic heterocycles. The van der Waals surface area contributed by atoms with Gasteiger partial charge in [-0.05, 0) is 0 Å². The fourth-order valence-corrected chi connectivity index (χ4v) is 1.36. The Balaban J connectivity index is 2.52. The molecule has 1 saturated heterocycles. The molecule has 0 bridgehead atoms. The first-order valence-electron chi connectivity index (χ1n) is 2.62. The SMILES string of the molecule is O=P(O)(O)N1CCNC1. The summed E-state index contributed by atoms with van der Waals surface area (Å²) in [6.45, 7) is 1.39. The monoisotopic (exact) mass is 152 g/mol. The third kappa shape index (κ3) is 1.74. The number of rotatable bonds is 1. The van der Waals surface area contributed by atoms with Crippen molar-refractivity contribution in [1.29, 1.82) is 0 Å². The van der Waals surface area contributed by atoms with Gasteiger partial charge in [-0.25, -0.2) is 4.57 Å². The first-order chi connectivity index (χ1) is 4.11. The zero-order valence-corrected chi connectivity index (χ0v) is 5.71. The molecule has 1 aliphatic heterocycles. The van der Waals surface area contributed by atoms with Crippen LogP contribution in [0, 0.1) is 0 Å². The summed E-state index contributed by atoms with van der Waals surface area (Å²) >= 11 is 0. The molecule has 0 unspecified atom stereocenters. The van der Waals surface area contributed by atoms with Crippen molar-refractivity contribution in [3.05, 3.63) is 0 Å². The van der Waals surface area contributed by atoms with Gasteiger partial charge in [-0.15, -0.1) is 0 Å². The van der Waals surface area contributed by atoms with Crippen molar-refractivity contribution in [3.63, 3.8) is 0 Å². The van der Waals surface area contributed by atoms with Crippen molar-refractivity contribution >= 4 is 7.75 Å². The van der Waals surface area contributed by atoms with Gasteiger partial charge in [0, 0.05) is 13.1 Å². The Morgan fingerprint density at radius 1 is 1.56 bits per heavy atom. The Morgan fingerprint density at radius 2 is 2.22 bits per heavy atom. The van der Waals surface area contributed by atoms with Crippen LogP contribution in [0.25, 0.3) is 0 Å². The summed E-state index contributed by atoms with van der Waals surface area (Å²) in [6.07, 6.45) is 0. The predicted octanol–water partition coefficient (Wildman–Crippen LogP) is -1.06. The summed E-state index contributed by atoms with van der Waals surface area (Å²) in [5.41, 5.74) is 0. The summed E-state index contributed by atoms with van der Waals surface area (Å²) in [6, 6.07) is 0. The normalized spacial score (nSPS) is 22.9. The summed E-state index contributed by atoms with van der Waals surface area (Å²) in [4.78, 5) is 17.0. The first-order valence-corrected chi connectivity index (χ1v) is 4.19. The standard InChI is InChI=1S/C3H9N2O3P/c6-9(7,8)5-2-1-4-3-5/h4H,1-3H2,(H2,6,7,8). The smallest absolute Gasteiger partial charge is 0.312 e. The van der Waals surface area contributed by atoms with E-state index in [4.69, 9.17) is 9.79 Å². The van der Waals surface area contributed by atoms with Gasteiger partial charge in [-0.2, -0.15) is 4.67 Å². The highest BCUT2D eigenvalue weighted by Gasteiger charge is 2.27. The fraction of sp³-hybridized carbons (Fsp3) is 1.00. The van der Waals surface area contributed by atoms with Crippen LogP contribution < -0.4 is 5.32 Å². The fourth-order valence-electron chi connectivity index (χ4n) is 0.718. The molecule has 1 heterocycles. The van der Waals surface area contributed by atoms with Gasteiger partial charge in [-0.1, -0.05) is 0 Å². The van der Waals surface area contributed by atoms with E-state index >= 15 is 0 Å². The van der Waals surface area contributed by atoms with Crippen LogP contribution in [-0.4, -0.2) is 34.2 Å². The van der Waals surface area contributed by atoms with Gasteiger partial charge < -0.3 is 15.1 Å². The lowest BCUT2D eigenvalue weighted by Crippen LogP contribution is -2.18. The molecule has 0 aromatic carbocycles. The molecule has 1 fully saturated rings. The topological polar surface area (TPSA) is 72.8 Å². The minimum Gasteiger partial charge on any atom is -0.312 e. The number of hydrogen-bond acceptors (Lipinski definition) is 2. The van der Waals surface area contributed by atoms with Crippen LogP contribution >= 0.6 is 7.75 Å². The van der Waals surface area contributed by atoms with Crippen LogP contribution in [0.5, 0.6) is 0 Å².